The van der Waals surface area contributed by atoms with Crippen LogP contribution in [0.4, 0.5) is 17.5 Å². The zero-order valence-corrected chi connectivity index (χ0v) is 13.8. The molecule has 8 heteroatoms. The topological polar surface area (TPSA) is 94.0 Å². The molecule has 0 bridgehead atoms. The van der Waals surface area contributed by atoms with Crippen molar-refractivity contribution in [3.63, 3.8) is 0 Å². The van der Waals surface area contributed by atoms with Crippen molar-refractivity contribution in [2.24, 2.45) is 0 Å². The van der Waals surface area contributed by atoms with Gasteiger partial charge in [-0.1, -0.05) is 23.2 Å². The number of nitrogen functional groups attached to an aromatic ring is 2. The van der Waals surface area contributed by atoms with Crippen LogP contribution in [0.25, 0.3) is 11.0 Å². The van der Waals surface area contributed by atoms with Crippen LogP contribution in [0.2, 0.25) is 10.0 Å². The minimum Gasteiger partial charge on any atom is -0.382 e. The Morgan fingerprint density at radius 3 is 2.61 bits per heavy atom. The summed E-state index contributed by atoms with van der Waals surface area (Å²) in [5, 5.41) is 1.24. The molecule has 2 heterocycles. The molecule has 0 saturated heterocycles. The second-order valence-corrected chi connectivity index (χ2v) is 5.93. The van der Waals surface area contributed by atoms with Crippen LogP contribution < -0.4 is 16.4 Å². The SMILES string of the molecule is CN(Cc1ccc2nc(N)nc(N)c2n1)c1cc(Cl)ccc1Cl. The summed E-state index contributed by atoms with van der Waals surface area (Å²) < 4.78 is 0. The zero-order chi connectivity index (χ0) is 16.6. The third kappa shape index (κ3) is 3.23. The van der Waals surface area contributed by atoms with Gasteiger partial charge in [0.25, 0.3) is 0 Å². The predicted molar refractivity (Wildman–Crippen MR) is 94.7 cm³/mol. The molecule has 2 aromatic heterocycles. The second kappa shape index (κ2) is 6.06. The van der Waals surface area contributed by atoms with E-state index in [9.17, 15) is 0 Å². The molecule has 0 aliphatic carbocycles. The van der Waals surface area contributed by atoms with Gasteiger partial charge in [-0.2, -0.15) is 4.98 Å². The van der Waals surface area contributed by atoms with Gasteiger partial charge in [0.1, 0.15) is 5.52 Å². The first-order valence-electron chi connectivity index (χ1n) is 6.79. The number of benzene rings is 1. The van der Waals surface area contributed by atoms with E-state index in [-0.39, 0.29) is 11.8 Å². The molecule has 3 aromatic rings. The molecule has 4 N–H and O–H groups in total. The maximum absolute atomic E-state index is 6.22. The third-order valence-electron chi connectivity index (χ3n) is 3.36. The highest BCUT2D eigenvalue weighted by Crippen LogP contribution is 2.29. The van der Waals surface area contributed by atoms with Crippen molar-refractivity contribution in [1.29, 1.82) is 0 Å². The Hall–Kier alpha value is -2.31. The largest absolute Gasteiger partial charge is 0.382 e. The quantitative estimate of drug-likeness (QED) is 0.754. The molecule has 0 fully saturated rings. The number of pyridine rings is 1. The Morgan fingerprint density at radius 2 is 1.83 bits per heavy atom. The van der Waals surface area contributed by atoms with E-state index in [0.29, 0.717) is 27.6 Å². The van der Waals surface area contributed by atoms with E-state index in [1.54, 1.807) is 12.1 Å². The van der Waals surface area contributed by atoms with Crippen LogP contribution in [-0.4, -0.2) is 22.0 Å². The summed E-state index contributed by atoms with van der Waals surface area (Å²) in [4.78, 5) is 14.5. The molecule has 0 aliphatic rings. The molecular weight excluding hydrogens is 335 g/mol. The second-order valence-electron chi connectivity index (χ2n) is 5.09. The summed E-state index contributed by atoms with van der Waals surface area (Å²) in [5.41, 5.74) is 14.2. The Labute approximate surface area is 143 Å². The fourth-order valence-electron chi connectivity index (χ4n) is 2.29. The molecule has 0 atom stereocenters. The van der Waals surface area contributed by atoms with Crippen LogP contribution >= 0.6 is 23.2 Å². The number of anilines is 3. The van der Waals surface area contributed by atoms with Crippen molar-refractivity contribution >= 4 is 51.7 Å². The van der Waals surface area contributed by atoms with Gasteiger partial charge in [-0.25, -0.2) is 9.97 Å². The standard InChI is InChI=1S/C15H14Cl2N6/c1-23(12-6-8(16)2-4-10(12)17)7-9-3-5-11-13(20-9)14(18)22-15(19)21-11/h2-6H,7H2,1H3,(H4,18,19,21,22). The average Bonchev–Trinajstić information content (AvgIpc) is 2.50. The van der Waals surface area contributed by atoms with E-state index >= 15 is 0 Å². The lowest BCUT2D eigenvalue weighted by molar-refractivity contribution is 0.891. The predicted octanol–water partition coefficient (Wildman–Crippen LogP) is 3.13. The summed E-state index contributed by atoms with van der Waals surface area (Å²) >= 11 is 12.3. The fourth-order valence-corrected chi connectivity index (χ4v) is 2.72. The Kier molecular flexibility index (Phi) is 4.11. The lowest BCUT2D eigenvalue weighted by Gasteiger charge is -2.20. The number of nitrogens with two attached hydrogens (primary N) is 2. The Morgan fingerprint density at radius 1 is 1.04 bits per heavy atom. The van der Waals surface area contributed by atoms with Gasteiger partial charge in [-0.15, -0.1) is 0 Å². The monoisotopic (exact) mass is 348 g/mol. The first-order valence-corrected chi connectivity index (χ1v) is 7.54. The van der Waals surface area contributed by atoms with Crippen molar-refractivity contribution in [1.82, 2.24) is 15.0 Å². The van der Waals surface area contributed by atoms with Crippen LogP contribution in [0.3, 0.4) is 0 Å². The first-order chi connectivity index (χ1) is 10.9. The number of hydrogen-bond acceptors (Lipinski definition) is 6. The van der Waals surface area contributed by atoms with E-state index in [4.69, 9.17) is 34.7 Å². The summed E-state index contributed by atoms with van der Waals surface area (Å²) in [6.07, 6.45) is 0. The van der Waals surface area contributed by atoms with E-state index in [2.05, 4.69) is 15.0 Å². The van der Waals surface area contributed by atoms with Crippen molar-refractivity contribution in [3.05, 3.63) is 46.1 Å². The van der Waals surface area contributed by atoms with Gasteiger partial charge in [-0.3, -0.25) is 0 Å². The minimum absolute atomic E-state index is 0.132. The van der Waals surface area contributed by atoms with Crippen LogP contribution in [0, 0.1) is 0 Å². The van der Waals surface area contributed by atoms with Crippen LogP contribution in [0.5, 0.6) is 0 Å². The summed E-state index contributed by atoms with van der Waals surface area (Å²) in [7, 11) is 1.91. The van der Waals surface area contributed by atoms with Crippen molar-refractivity contribution < 1.29 is 0 Å². The highest BCUT2D eigenvalue weighted by molar-refractivity contribution is 6.35. The van der Waals surface area contributed by atoms with Crippen LogP contribution in [0.15, 0.2) is 30.3 Å². The van der Waals surface area contributed by atoms with Gasteiger partial charge in [0.2, 0.25) is 5.95 Å². The minimum atomic E-state index is 0.132. The van der Waals surface area contributed by atoms with E-state index in [0.717, 1.165) is 11.4 Å². The normalized spacial score (nSPS) is 10.9. The summed E-state index contributed by atoms with van der Waals surface area (Å²) in [5.74, 6) is 0.394. The average molecular weight is 349 g/mol. The number of aromatic nitrogens is 3. The first kappa shape index (κ1) is 15.6. The Bertz CT molecular complexity index is 883. The molecule has 0 amide bonds. The highest BCUT2D eigenvalue weighted by Gasteiger charge is 2.11. The number of nitrogens with zero attached hydrogens (tertiary/aromatic N) is 4. The van der Waals surface area contributed by atoms with Crippen molar-refractivity contribution in [2.75, 3.05) is 23.4 Å². The smallest absolute Gasteiger partial charge is 0.222 e. The van der Waals surface area contributed by atoms with Gasteiger partial charge in [-0.05, 0) is 30.3 Å². The molecule has 6 nitrogen and oxygen atoms in total. The number of halogens is 2. The zero-order valence-electron chi connectivity index (χ0n) is 12.3. The molecule has 118 valence electrons. The molecule has 0 unspecified atom stereocenters. The molecule has 0 radical (unpaired) electrons. The van der Waals surface area contributed by atoms with Gasteiger partial charge in [0.05, 0.1) is 28.5 Å². The van der Waals surface area contributed by atoms with Crippen LogP contribution in [0.1, 0.15) is 5.69 Å². The maximum Gasteiger partial charge on any atom is 0.222 e. The highest BCUT2D eigenvalue weighted by atomic mass is 35.5. The van der Waals surface area contributed by atoms with Crippen LogP contribution in [-0.2, 0) is 6.54 Å². The Balaban J connectivity index is 1.93. The van der Waals surface area contributed by atoms with Crippen molar-refractivity contribution in [3.8, 4) is 0 Å². The van der Waals surface area contributed by atoms with Gasteiger partial charge < -0.3 is 16.4 Å². The molecular formula is C15H14Cl2N6. The lowest BCUT2D eigenvalue weighted by atomic mass is 10.2. The number of hydrogen-bond donors (Lipinski definition) is 2. The van der Waals surface area contributed by atoms with Gasteiger partial charge >= 0.3 is 0 Å². The molecule has 3 rings (SSSR count). The van der Waals surface area contributed by atoms with E-state index < -0.39 is 0 Å². The summed E-state index contributed by atoms with van der Waals surface area (Å²) in [6, 6.07) is 9.00. The molecule has 0 spiro atoms. The van der Waals surface area contributed by atoms with Gasteiger partial charge in [0.15, 0.2) is 5.82 Å². The molecule has 0 aliphatic heterocycles. The maximum atomic E-state index is 6.22. The lowest BCUT2D eigenvalue weighted by Crippen LogP contribution is -2.18. The van der Waals surface area contributed by atoms with Gasteiger partial charge in [0, 0.05) is 12.1 Å². The van der Waals surface area contributed by atoms with Crippen molar-refractivity contribution in [2.45, 2.75) is 6.54 Å². The number of rotatable bonds is 3. The number of fused-ring (bicyclic) bond motifs is 1. The molecule has 1 aromatic carbocycles. The molecule has 23 heavy (non-hydrogen) atoms. The summed E-state index contributed by atoms with van der Waals surface area (Å²) in [6.45, 7) is 0.528. The van der Waals surface area contributed by atoms with E-state index in [1.165, 1.54) is 0 Å². The molecule has 0 saturated carbocycles. The fraction of sp³-hybridized carbons (Fsp3) is 0.133. The third-order valence-corrected chi connectivity index (χ3v) is 3.92. The van der Waals surface area contributed by atoms with E-state index in [1.807, 2.05) is 30.1 Å².